The molecule has 0 atom stereocenters. The van der Waals surface area contributed by atoms with Gasteiger partial charge >= 0.3 is 56.8 Å². The van der Waals surface area contributed by atoms with Gasteiger partial charge in [0.25, 0.3) is 0 Å². The molecule has 1 N–H and O–H groups in total. The van der Waals surface area contributed by atoms with Crippen molar-refractivity contribution < 1.29 is 0 Å². The van der Waals surface area contributed by atoms with Gasteiger partial charge in [0.2, 0.25) is 0 Å². The van der Waals surface area contributed by atoms with Crippen molar-refractivity contribution in [2.75, 3.05) is 6.54 Å². The van der Waals surface area contributed by atoms with Gasteiger partial charge in [-0.15, -0.1) is 0 Å². The average molecular weight is 177 g/mol. The molecular formula is C6H16AsN. The van der Waals surface area contributed by atoms with Gasteiger partial charge in [-0.2, -0.15) is 0 Å². The Kier molecular flexibility index (Phi) is 6.02. The number of rotatable bonds is 4. The van der Waals surface area contributed by atoms with Crippen molar-refractivity contribution in [3.05, 3.63) is 0 Å². The van der Waals surface area contributed by atoms with Gasteiger partial charge in [-0.05, 0) is 0 Å². The molecule has 0 aromatic heterocycles. The van der Waals surface area contributed by atoms with Gasteiger partial charge in [-0.25, -0.2) is 0 Å². The molecule has 0 aromatic rings. The van der Waals surface area contributed by atoms with Crippen LogP contribution in [-0.2, 0) is 0 Å². The van der Waals surface area contributed by atoms with Crippen LogP contribution in [0.2, 0.25) is 10.4 Å². The topological polar surface area (TPSA) is 12.0 Å². The van der Waals surface area contributed by atoms with Crippen molar-refractivity contribution in [1.82, 2.24) is 4.23 Å². The molecular weight excluding hydrogens is 161 g/mol. The molecule has 0 aromatic carbocycles. The van der Waals surface area contributed by atoms with E-state index in [0.29, 0.717) is 0 Å². The first-order chi connectivity index (χ1) is 3.85. The van der Waals surface area contributed by atoms with Gasteiger partial charge in [0.15, 0.2) is 0 Å². The van der Waals surface area contributed by atoms with Crippen LogP contribution in [0.4, 0.5) is 0 Å². The van der Waals surface area contributed by atoms with Crippen molar-refractivity contribution in [2.24, 2.45) is 0 Å². The molecule has 2 heteroatoms. The minimum atomic E-state index is -0.502. The van der Waals surface area contributed by atoms with Crippen molar-refractivity contribution in [1.29, 1.82) is 0 Å². The Morgan fingerprint density at radius 3 is 1.75 bits per heavy atom. The Bertz CT molecular complexity index is 43.8. The Hall–Kier alpha value is 0.518. The van der Waals surface area contributed by atoms with Gasteiger partial charge in [0, 0.05) is 0 Å². The van der Waals surface area contributed by atoms with Crippen LogP contribution in [-0.4, -0.2) is 21.4 Å². The second-order valence-electron chi connectivity index (χ2n) is 1.68. The van der Waals surface area contributed by atoms with Gasteiger partial charge in [0.05, 0.1) is 0 Å². The van der Waals surface area contributed by atoms with Crippen LogP contribution >= 0.6 is 0 Å². The summed E-state index contributed by atoms with van der Waals surface area (Å²) in [6, 6.07) is 0. The Balaban J connectivity index is 3.07. The molecule has 0 rings (SSSR count). The van der Waals surface area contributed by atoms with Crippen molar-refractivity contribution in [3.8, 4) is 0 Å². The molecule has 0 aliphatic carbocycles. The van der Waals surface area contributed by atoms with Gasteiger partial charge in [-0.3, -0.25) is 0 Å². The Morgan fingerprint density at radius 1 is 1.12 bits per heavy atom. The number of hydrogen-bond donors (Lipinski definition) is 1. The normalized spacial score (nSPS) is 10.5. The maximum absolute atomic E-state index is 3.53. The molecule has 0 heterocycles. The maximum atomic E-state index is 3.53. The van der Waals surface area contributed by atoms with Crippen LogP contribution < -0.4 is 4.23 Å². The van der Waals surface area contributed by atoms with E-state index in [-0.39, 0.29) is 0 Å². The Morgan fingerprint density at radius 2 is 1.62 bits per heavy atom. The SMILES string of the molecule is CCN[As](CC)CC. The zero-order valence-corrected chi connectivity index (χ0v) is 7.95. The van der Waals surface area contributed by atoms with E-state index in [0.717, 1.165) is 0 Å². The predicted molar refractivity (Wildman–Crippen MR) is 40.4 cm³/mol. The van der Waals surface area contributed by atoms with Crippen molar-refractivity contribution >= 4 is 14.9 Å². The predicted octanol–water partition coefficient (Wildman–Crippen LogP) is 1.63. The molecule has 0 spiro atoms. The fourth-order valence-electron chi connectivity index (χ4n) is 0.671. The Labute approximate surface area is 57.3 Å². The average Bonchev–Trinajstić information content (AvgIpc) is 1.83. The fourth-order valence-corrected chi connectivity index (χ4v) is 3.49. The molecule has 0 radical (unpaired) electrons. The zero-order valence-electron chi connectivity index (χ0n) is 6.07. The summed E-state index contributed by atoms with van der Waals surface area (Å²) in [6.45, 7) is 7.92. The summed E-state index contributed by atoms with van der Waals surface area (Å²) < 4.78 is 3.53. The van der Waals surface area contributed by atoms with Crippen LogP contribution in [0.3, 0.4) is 0 Å². The molecule has 0 fully saturated rings. The quantitative estimate of drug-likeness (QED) is 0.643. The molecule has 0 bridgehead atoms. The van der Waals surface area contributed by atoms with Gasteiger partial charge in [0.1, 0.15) is 0 Å². The summed E-state index contributed by atoms with van der Waals surface area (Å²) in [6.07, 6.45) is 0. The molecule has 8 heavy (non-hydrogen) atoms. The number of hydrogen-bond acceptors (Lipinski definition) is 1. The van der Waals surface area contributed by atoms with E-state index in [4.69, 9.17) is 0 Å². The van der Waals surface area contributed by atoms with E-state index in [9.17, 15) is 0 Å². The van der Waals surface area contributed by atoms with Crippen molar-refractivity contribution in [3.63, 3.8) is 0 Å². The van der Waals surface area contributed by atoms with Crippen LogP contribution in [0.25, 0.3) is 0 Å². The van der Waals surface area contributed by atoms with Gasteiger partial charge < -0.3 is 0 Å². The van der Waals surface area contributed by atoms with Gasteiger partial charge in [-0.1, -0.05) is 0 Å². The molecule has 0 aliphatic rings. The van der Waals surface area contributed by atoms with Crippen LogP contribution in [0.15, 0.2) is 0 Å². The van der Waals surface area contributed by atoms with E-state index in [2.05, 4.69) is 25.0 Å². The van der Waals surface area contributed by atoms with Crippen LogP contribution in [0.1, 0.15) is 20.8 Å². The molecule has 0 aliphatic heterocycles. The second kappa shape index (κ2) is 5.65. The molecule has 0 unspecified atom stereocenters. The minimum absolute atomic E-state index is 0.502. The fraction of sp³-hybridized carbons (Fsp3) is 1.00. The van der Waals surface area contributed by atoms with E-state index in [1.807, 2.05) is 0 Å². The molecule has 0 saturated heterocycles. The van der Waals surface area contributed by atoms with E-state index >= 15 is 0 Å². The number of nitrogens with one attached hydrogen (secondary N) is 1. The monoisotopic (exact) mass is 177 g/mol. The first kappa shape index (κ1) is 8.52. The third-order valence-corrected chi connectivity index (χ3v) is 5.95. The summed E-state index contributed by atoms with van der Waals surface area (Å²) in [5.41, 5.74) is 0. The molecule has 0 saturated carbocycles. The third-order valence-electron chi connectivity index (χ3n) is 1.15. The molecule has 50 valence electrons. The summed E-state index contributed by atoms with van der Waals surface area (Å²) in [5, 5.41) is 2.80. The summed E-state index contributed by atoms with van der Waals surface area (Å²) in [4.78, 5) is 0. The summed E-state index contributed by atoms with van der Waals surface area (Å²) >= 11 is -0.502. The van der Waals surface area contributed by atoms with E-state index in [1.54, 1.807) is 0 Å². The second-order valence-corrected chi connectivity index (χ2v) is 7.27. The molecule has 0 amide bonds. The van der Waals surface area contributed by atoms with E-state index < -0.39 is 14.9 Å². The van der Waals surface area contributed by atoms with Crippen LogP contribution in [0, 0.1) is 0 Å². The molecule has 1 nitrogen and oxygen atoms in total. The summed E-state index contributed by atoms with van der Waals surface area (Å²) in [7, 11) is 0. The van der Waals surface area contributed by atoms with Crippen molar-refractivity contribution in [2.45, 2.75) is 31.2 Å². The summed E-state index contributed by atoms with van der Waals surface area (Å²) in [5.74, 6) is 0. The van der Waals surface area contributed by atoms with Crippen LogP contribution in [0.5, 0.6) is 0 Å². The first-order valence-corrected chi connectivity index (χ1v) is 6.92. The third kappa shape index (κ3) is 3.51. The standard InChI is InChI=1S/C6H16AsN/c1-4-7(5-2)8-6-3/h8H,4-6H2,1-3H3. The van der Waals surface area contributed by atoms with E-state index in [1.165, 1.54) is 17.0 Å². The zero-order chi connectivity index (χ0) is 6.41. The first-order valence-electron chi connectivity index (χ1n) is 3.33.